The van der Waals surface area contributed by atoms with Crippen molar-refractivity contribution in [1.29, 1.82) is 0 Å². The Kier molecular flexibility index (Phi) is 4.74. The maximum atomic E-state index is 12.7. The van der Waals surface area contributed by atoms with Gasteiger partial charge in [0.1, 0.15) is 11.2 Å². The number of benzene rings is 1. The van der Waals surface area contributed by atoms with Gasteiger partial charge >= 0.3 is 6.09 Å². The maximum Gasteiger partial charge on any atom is 0.410 e. The molecule has 25 heavy (non-hydrogen) atoms. The number of ether oxygens (including phenoxy) is 1. The van der Waals surface area contributed by atoms with E-state index in [0.29, 0.717) is 13.1 Å². The van der Waals surface area contributed by atoms with Crippen molar-refractivity contribution in [2.24, 2.45) is 0 Å². The highest BCUT2D eigenvalue weighted by molar-refractivity contribution is 5.68. The summed E-state index contributed by atoms with van der Waals surface area (Å²) in [5.41, 5.74) is 2.37. The van der Waals surface area contributed by atoms with Gasteiger partial charge in [0.25, 0.3) is 0 Å². The third kappa shape index (κ3) is 4.38. The quantitative estimate of drug-likeness (QED) is 0.714. The summed E-state index contributed by atoms with van der Waals surface area (Å²) < 4.78 is 7.59. The Balaban J connectivity index is 1.87. The average Bonchev–Trinajstić information content (AvgIpc) is 3.03. The lowest BCUT2D eigenvalue weighted by atomic mass is 10.2. The number of carbonyl (C=O) groups is 1. The van der Waals surface area contributed by atoms with Crippen molar-refractivity contribution in [3.05, 3.63) is 72.2 Å². The lowest BCUT2D eigenvalue weighted by Crippen LogP contribution is -2.36. The van der Waals surface area contributed by atoms with E-state index in [1.54, 1.807) is 11.1 Å². The van der Waals surface area contributed by atoms with Gasteiger partial charge in [-0.05, 0) is 38.5 Å². The number of pyridine rings is 1. The third-order valence-electron chi connectivity index (χ3n) is 3.73. The summed E-state index contributed by atoms with van der Waals surface area (Å²) >= 11 is 0. The van der Waals surface area contributed by atoms with E-state index in [2.05, 4.69) is 4.98 Å². The summed E-state index contributed by atoms with van der Waals surface area (Å²) in [6.45, 7) is 6.56. The fourth-order valence-corrected chi connectivity index (χ4v) is 2.65. The number of hydrogen-bond donors (Lipinski definition) is 0. The summed E-state index contributed by atoms with van der Waals surface area (Å²) in [5.74, 6) is 0. The summed E-state index contributed by atoms with van der Waals surface area (Å²) in [6, 6.07) is 15.8. The van der Waals surface area contributed by atoms with Gasteiger partial charge in [-0.3, -0.25) is 4.90 Å². The molecule has 3 rings (SSSR count). The molecule has 2 heterocycles. The van der Waals surface area contributed by atoms with E-state index in [-0.39, 0.29) is 6.09 Å². The monoisotopic (exact) mass is 337 g/mol. The number of carbonyl (C=O) groups excluding carboxylic acids is 1. The molecule has 0 aliphatic rings. The van der Waals surface area contributed by atoms with Gasteiger partial charge in [-0.2, -0.15) is 0 Å². The fourth-order valence-electron chi connectivity index (χ4n) is 2.65. The molecule has 0 fully saturated rings. The molecule has 1 aromatic carbocycles. The minimum Gasteiger partial charge on any atom is -0.444 e. The van der Waals surface area contributed by atoms with Gasteiger partial charge in [0.15, 0.2) is 0 Å². The van der Waals surface area contributed by atoms with E-state index in [1.165, 1.54) is 0 Å². The molecule has 0 aliphatic carbocycles. The van der Waals surface area contributed by atoms with E-state index >= 15 is 0 Å². The number of rotatable bonds is 4. The number of aromatic nitrogens is 2. The zero-order valence-corrected chi connectivity index (χ0v) is 14.8. The minimum atomic E-state index is -0.535. The Morgan fingerprint density at radius 2 is 1.84 bits per heavy atom. The molecule has 0 radical (unpaired) electrons. The van der Waals surface area contributed by atoms with Gasteiger partial charge in [0, 0.05) is 24.6 Å². The molecule has 2 aromatic heterocycles. The molecule has 0 saturated heterocycles. The fraction of sp³-hybridized carbons (Fsp3) is 0.300. The molecule has 0 unspecified atom stereocenters. The van der Waals surface area contributed by atoms with Crippen molar-refractivity contribution in [3.8, 4) is 0 Å². The largest absolute Gasteiger partial charge is 0.444 e. The molecule has 130 valence electrons. The van der Waals surface area contributed by atoms with Crippen LogP contribution < -0.4 is 0 Å². The summed E-state index contributed by atoms with van der Waals surface area (Å²) in [4.78, 5) is 18.7. The maximum absolute atomic E-state index is 12.7. The average molecular weight is 337 g/mol. The van der Waals surface area contributed by atoms with Crippen LogP contribution in [0.2, 0.25) is 0 Å². The second-order valence-corrected chi connectivity index (χ2v) is 6.99. The Labute approximate surface area is 147 Å². The first-order valence-electron chi connectivity index (χ1n) is 8.35. The van der Waals surface area contributed by atoms with Crippen molar-refractivity contribution in [2.75, 3.05) is 0 Å². The molecule has 5 nitrogen and oxygen atoms in total. The van der Waals surface area contributed by atoms with Crippen LogP contribution in [0.1, 0.15) is 32.0 Å². The van der Waals surface area contributed by atoms with Crippen molar-refractivity contribution in [3.63, 3.8) is 0 Å². The third-order valence-corrected chi connectivity index (χ3v) is 3.73. The van der Waals surface area contributed by atoms with E-state index < -0.39 is 5.60 Å². The van der Waals surface area contributed by atoms with Gasteiger partial charge < -0.3 is 9.14 Å². The molecule has 0 spiro atoms. The van der Waals surface area contributed by atoms with Crippen LogP contribution in [0.25, 0.3) is 5.65 Å². The molecule has 0 aliphatic heterocycles. The van der Waals surface area contributed by atoms with Crippen LogP contribution in [-0.4, -0.2) is 26.0 Å². The van der Waals surface area contributed by atoms with Gasteiger partial charge in [0.2, 0.25) is 0 Å². The van der Waals surface area contributed by atoms with Crippen molar-refractivity contribution in [2.45, 2.75) is 39.5 Å². The van der Waals surface area contributed by atoms with Crippen molar-refractivity contribution < 1.29 is 9.53 Å². The predicted octanol–water partition coefficient (Wildman–Crippen LogP) is 4.27. The molecular formula is C20H23N3O2. The Morgan fingerprint density at radius 1 is 1.08 bits per heavy atom. The van der Waals surface area contributed by atoms with Crippen molar-refractivity contribution in [1.82, 2.24) is 14.3 Å². The highest BCUT2D eigenvalue weighted by atomic mass is 16.6. The molecule has 5 heteroatoms. The Hall–Kier alpha value is -2.82. The van der Waals surface area contributed by atoms with Crippen molar-refractivity contribution >= 4 is 11.7 Å². The van der Waals surface area contributed by atoms with Crippen LogP contribution in [0.3, 0.4) is 0 Å². The first-order valence-corrected chi connectivity index (χ1v) is 8.35. The zero-order chi connectivity index (χ0) is 17.9. The normalized spacial score (nSPS) is 11.5. The highest BCUT2D eigenvalue weighted by Crippen LogP contribution is 2.16. The Bertz CT molecular complexity index is 850. The second-order valence-electron chi connectivity index (χ2n) is 6.99. The summed E-state index contributed by atoms with van der Waals surface area (Å²) in [7, 11) is 0. The lowest BCUT2D eigenvalue weighted by molar-refractivity contribution is 0.0213. The second kappa shape index (κ2) is 6.97. The first kappa shape index (κ1) is 17.0. The molecule has 1 amide bonds. The standard InChI is InChI=1S/C20H23N3O2/c1-20(2,3)25-19(24)22(14-16-8-5-4-6-9-16)15-17-10-7-11-18-21-12-13-23(17)18/h4-13H,14-15H2,1-3H3. The SMILES string of the molecule is CC(C)(C)OC(=O)N(Cc1ccccc1)Cc1cccc2nccn12. The molecule has 0 N–H and O–H groups in total. The van der Waals surface area contributed by atoms with Crippen LogP contribution in [-0.2, 0) is 17.8 Å². The van der Waals surface area contributed by atoms with E-state index in [0.717, 1.165) is 16.9 Å². The number of amides is 1. The number of imidazole rings is 1. The molecule has 0 bridgehead atoms. The van der Waals surface area contributed by atoms with E-state index in [9.17, 15) is 4.79 Å². The smallest absolute Gasteiger partial charge is 0.410 e. The highest BCUT2D eigenvalue weighted by Gasteiger charge is 2.23. The molecule has 3 aromatic rings. The summed E-state index contributed by atoms with van der Waals surface area (Å²) in [6.07, 6.45) is 3.34. The number of nitrogens with zero attached hydrogens (tertiary/aromatic N) is 3. The molecule has 0 saturated carbocycles. The Morgan fingerprint density at radius 3 is 2.56 bits per heavy atom. The van der Waals surface area contributed by atoms with Crippen LogP contribution in [0.4, 0.5) is 4.79 Å². The lowest BCUT2D eigenvalue weighted by Gasteiger charge is -2.27. The van der Waals surface area contributed by atoms with Gasteiger partial charge in [-0.15, -0.1) is 0 Å². The van der Waals surface area contributed by atoms with Crippen LogP contribution >= 0.6 is 0 Å². The van der Waals surface area contributed by atoms with Gasteiger partial charge in [-0.25, -0.2) is 9.78 Å². The minimum absolute atomic E-state index is 0.325. The zero-order valence-electron chi connectivity index (χ0n) is 14.8. The van der Waals surface area contributed by atoms with Crippen LogP contribution in [0.15, 0.2) is 60.9 Å². The first-order chi connectivity index (χ1) is 11.9. The number of fused-ring (bicyclic) bond motifs is 1. The van der Waals surface area contributed by atoms with Crippen LogP contribution in [0, 0.1) is 0 Å². The van der Waals surface area contributed by atoms with E-state index in [4.69, 9.17) is 4.74 Å². The van der Waals surface area contributed by atoms with Crippen LogP contribution in [0.5, 0.6) is 0 Å². The van der Waals surface area contributed by atoms with E-state index in [1.807, 2.05) is 79.9 Å². The molecule has 0 atom stereocenters. The van der Waals surface area contributed by atoms with Gasteiger partial charge in [0.05, 0.1) is 6.54 Å². The molecular weight excluding hydrogens is 314 g/mol. The topological polar surface area (TPSA) is 46.8 Å². The van der Waals surface area contributed by atoms with Gasteiger partial charge in [-0.1, -0.05) is 36.4 Å². The predicted molar refractivity (Wildman–Crippen MR) is 97.1 cm³/mol. The summed E-state index contributed by atoms with van der Waals surface area (Å²) in [5, 5.41) is 0. The number of hydrogen-bond acceptors (Lipinski definition) is 3.